The number of alkyl halides is 2. The lowest BCUT2D eigenvalue weighted by Crippen LogP contribution is -2.47. The summed E-state index contributed by atoms with van der Waals surface area (Å²) in [4.78, 5) is 2.52. The van der Waals surface area contributed by atoms with Gasteiger partial charge in [0.2, 0.25) is 5.92 Å². The number of nitrogens with zero attached hydrogens (tertiary/aromatic N) is 1. The quantitative estimate of drug-likeness (QED) is 0.528. The molecule has 30 heavy (non-hydrogen) atoms. The van der Waals surface area contributed by atoms with E-state index in [1.165, 1.54) is 11.1 Å². The number of hydrogen-bond acceptors (Lipinski definition) is 4. The van der Waals surface area contributed by atoms with Crippen molar-refractivity contribution in [3.05, 3.63) is 21.7 Å². The van der Waals surface area contributed by atoms with Gasteiger partial charge in [-0.1, -0.05) is 0 Å². The van der Waals surface area contributed by atoms with E-state index in [4.69, 9.17) is 14.2 Å². The topological polar surface area (TPSA) is 30.9 Å². The van der Waals surface area contributed by atoms with Crippen LogP contribution in [0, 0.1) is 5.92 Å². The number of fused-ring (bicyclic) bond motifs is 3. The van der Waals surface area contributed by atoms with Crippen molar-refractivity contribution in [2.75, 3.05) is 26.8 Å². The average molecular weight is 488 g/mol. The van der Waals surface area contributed by atoms with Crippen molar-refractivity contribution in [2.45, 2.75) is 76.5 Å². The summed E-state index contributed by atoms with van der Waals surface area (Å²) >= 11 is 3.74. The van der Waals surface area contributed by atoms with E-state index in [1.54, 1.807) is 7.11 Å². The standard InChI is InChI=1S/C23H32BrF2NO3/c1-22(2,3)30-15-5-6-18-17-9-19(28-4)21(29-13-14-10-23(25,26)11-14)20(24)16(17)7-8-27(18)12-15/h9,14-15,18H,5-8,10-13H2,1-4H3. The maximum atomic E-state index is 13.1. The van der Waals surface area contributed by atoms with Crippen molar-refractivity contribution < 1.29 is 23.0 Å². The molecule has 1 aromatic carbocycles. The fourth-order valence-electron chi connectivity index (χ4n) is 5.06. The lowest BCUT2D eigenvalue weighted by molar-refractivity contribution is -0.119. The van der Waals surface area contributed by atoms with Crippen molar-refractivity contribution in [2.24, 2.45) is 5.92 Å². The molecule has 4 nitrogen and oxygen atoms in total. The van der Waals surface area contributed by atoms with Gasteiger partial charge in [-0.15, -0.1) is 0 Å². The van der Waals surface area contributed by atoms with Crippen LogP contribution < -0.4 is 9.47 Å². The number of ether oxygens (including phenoxy) is 3. The van der Waals surface area contributed by atoms with Crippen LogP contribution in [0.1, 0.15) is 63.6 Å². The van der Waals surface area contributed by atoms with Crippen LogP contribution in [0.4, 0.5) is 8.78 Å². The Bertz CT molecular complexity index is 788. The zero-order chi connectivity index (χ0) is 21.7. The van der Waals surface area contributed by atoms with Gasteiger partial charge in [-0.3, -0.25) is 4.90 Å². The fourth-order valence-corrected chi connectivity index (χ4v) is 5.80. The first-order valence-electron chi connectivity index (χ1n) is 10.9. The molecule has 1 aliphatic carbocycles. The number of methoxy groups -OCH3 is 1. The third-order valence-corrected chi connectivity index (χ3v) is 7.19. The molecule has 3 aliphatic rings. The first kappa shape index (κ1) is 22.3. The van der Waals surface area contributed by atoms with Gasteiger partial charge in [0.1, 0.15) is 0 Å². The summed E-state index contributed by atoms with van der Waals surface area (Å²) in [6.07, 6.45) is 3.07. The van der Waals surface area contributed by atoms with E-state index in [9.17, 15) is 8.78 Å². The normalized spacial score (nSPS) is 26.5. The minimum absolute atomic E-state index is 0.0906. The molecule has 2 aliphatic heterocycles. The van der Waals surface area contributed by atoms with Crippen LogP contribution in [-0.4, -0.2) is 49.3 Å². The van der Waals surface area contributed by atoms with Crippen LogP contribution in [0.5, 0.6) is 11.5 Å². The number of hydrogen-bond donors (Lipinski definition) is 0. The molecule has 2 atom stereocenters. The maximum absolute atomic E-state index is 13.1. The molecule has 0 amide bonds. The Morgan fingerprint density at radius 1 is 1.23 bits per heavy atom. The van der Waals surface area contributed by atoms with Gasteiger partial charge in [0.15, 0.2) is 11.5 Å². The molecule has 0 radical (unpaired) electrons. The smallest absolute Gasteiger partial charge is 0.248 e. The van der Waals surface area contributed by atoms with Crippen molar-refractivity contribution in [3.63, 3.8) is 0 Å². The molecule has 0 aromatic heterocycles. The van der Waals surface area contributed by atoms with E-state index in [-0.39, 0.29) is 30.5 Å². The molecule has 2 heterocycles. The van der Waals surface area contributed by atoms with Crippen molar-refractivity contribution >= 4 is 15.9 Å². The Kier molecular flexibility index (Phi) is 6.10. The number of halogens is 3. The molecule has 4 rings (SSSR count). The van der Waals surface area contributed by atoms with E-state index in [0.717, 1.165) is 36.8 Å². The van der Waals surface area contributed by atoms with E-state index in [0.29, 0.717) is 24.1 Å². The summed E-state index contributed by atoms with van der Waals surface area (Å²) in [5.74, 6) is -1.31. The van der Waals surface area contributed by atoms with Crippen LogP contribution >= 0.6 is 15.9 Å². The lowest BCUT2D eigenvalue weighted by Gasteiger charge is -2.45. The summed E-state index contributed by atoms with van der Waals surface area (Å²) in [6.45, 7) is 8.54. The second-order valence-corrected chi connectivity index (χ2v) is 10.7. The van der Waals surface area contributed by atoms with Gasteiger partial charge in [-0.2, -0.15) is 0 Å². The van der Waals surface area contributed by atoms with Crippen molar-refractivity contribution in [1.82, 2.24) is 4.90 Å². The molecule has 1 aromatic rings. The summed E-state index contributed by atoms with van der Waals surface area (Å²) in [5.41, 5.74) is 2.40. The molecule has 0 spiro atoms. The van der Waals surface area contributed by atoms with Gasteiger partial charge >= 0.3 is 0 Å². The predicted octanol–water partition coefficient (Wildman–Crippen LogP) is 5.76. The first-order chi connectivity index (χ1) is 14.1. The SMILES string of the molecule is COc1cc2c(c(Br)c1OCC1CC(F)(F)C1)CCN1CC(OC(C)(C)C)CCC21. The highest BCUT2D eigenvalue weighted by atomic mass is 79.9. The van der Waals surface area contributed by atoms with E-state index >= 15 is 0 Å². The highest BCUT2D eigenvalue weighted by Crippen LogP contribution is 2.48. The molecule has 1 saturated carbocycles. The lowest BCUT2D eigenvalue weighted by atomic mass is 9.82. The summed E-state index contributed by atoms with van der Waals surface area (Å²) in [7, 11) is 1.63. The maximum Gasteiger partial charge on any atom is 0.248 e. The summed E-state index contributed by atoms with van der Waals surface area (Å²) in [6, 6.07) is 2.44. The highest BCUT2D eigenvalue weighted by molar-refractivity contribution is 9.10. The molecule has 2 fully saturated rings. The van der Waals surface area contributed by atoms with Gasteiger partial charge in [0.05, 0.1) is 29.9 Å². The molecule has 0 bridgehead atoms. The monoisotopic (exact) mass is 487 g/mol. The van der Waals surface area contributed by atoms with Gasteiger partial charge in [0.25, 0.3) is 0 Å². The number of rotatable bonds is 5. The molecule has 1 saturated heterocycles. The third kappa shape index (κ3) is 4.63. The van der Waals surface area contributed by atoms with Crippen molar-refractivity contribution in [3.8, 4) is 11.5 Å². The Balaban J connectivity index is 1.50. The molecular formula is C23H32BrF2NO3. The predicted molar refractivity (Wildman–Crippen MR) is 116 cm³/mol. The van der Waals surface area contributed by atoms with E-state index in [1.807, 2.05) is 0 Å². The first-order valence-corrected chi connectivity index (χ1v) is 11.7. The Morgan fingerprint density at radius 2 is 1.97 bits per heavy atom. The largest absolute Gasteiger partial charge is 0.493 e. The average Bonchev–Trinajstić information content (AvgIpc) is 2.63. The van der Waals surface area contributed by atoms with Crippen LogP contribution in [-0.2, 0) is 11.2 Å². The van der Waals surface area contributed by atoms with Gasteiger partial charge in [-0.05, 0) is 73.2 Å². The molecule has 0 N–H and O–H groups in total. The van der Waals surface area contributed by atoms with Gasteiger partial charge < -0.3 is 14.2 Å². The second kappa shape index (κ2) is 8.21. The summed E-state index contributed by atoms with van der Waals surface area (Å²) in [5, 5.41) is 0. The van der Waals surface area contributed by atoms with E-state index in [2.05, 4.69) is 47.7 Å². The minimum atomic E-state index is -2.52. The number of benzene rings is 1. The molecule has 7 heteroatoms. The summed E-state index contributed by atoms with van der Waals surface area (Å²) < 4.78 is 45.1. The van der Waals surface area contributed by atoms with Crippen LogP contribution in [0.3, 0.4) is 0 Å². The highest BCUT2D eigenvalue weighted by Gasteiger charge is 2.45. The molecule has 168 valence electrons. The zero-order valence-electron chi connectivity index (χ0n) is 18.3. The van der Waals surface area contributed by atoms with Gasteiger partial charge in [-0.25, -0.2) is 8.78 Å². The Morgan fingerprint density at radius 3 is 2.60 bits per heavy atom. The fraction of sp³-hybridized carbons (Fsp3) is 0.739. The van der Waals surface area contributed by atoms with Crippen LogP contribution in [0.2, 0.25) is 0 Å². The van der Waals surface area contributed by atoms with Crippen LogP contribution in [0.25, 0.3) is 0 Å². The van der Waals surface area contributed by atoms with Crippen LogP contribution in [0.15, 0.2) is 10.5 Å². The number of piperidine rings is 1. The minimum Gasteiger partial charge on any atom is -0.493 e. The molecule has 2 unspecified atom stereocenters. The Labute approximate surface area is 186 Å². The second-order valence-electron chi connectivity index (χ2n) is 9.92. The Hall–Kier alpha value is -0.920. The van der Waals surface area contributed by atoms with Crippen molar-refractivity contribution in [1.29, 1.82) is 0 Å². The van der Waals surface area contributed by atoms with E-state index < -0.39 is 5.92 Å². The third-order valence-electron chi connectivity index (χ3n) is 6.35. The molecular weight excluding hydrogens is 456 g/mol. The van der Waals surface area contributed by atoms with Gasteiger partial charge in [0, 0.05) is 37.9 Å². The zero-order valence-corrected chi connectivity index (χ0v) is 19.9.